The Bertz CT molecular complexity index is 365. The van der Waals surface area contributed by atoms with E-state index in [4.69, 9.17) is 10.5 Å². The predicted molar refractivity (Wildman–Crippen MR) is 59.5 cm³/mol. The van der Waals surface area contributed by atoms with Gasteiger partial charge in [0.2, 0.25) is 5.90 Å². The molecule has 4 heteroatoms. The third kappa shape index (κ3) is 1.96. The third-order valence-corrected chi connectivity index (χ3v) is 2.54. The van der Waals surface area contributed by atoms with Crippen LogP contribution in [0.4, 0.5) is 0 Å². The number of benzene rings is 1. The molecule has 1 aliphatic rings. The van der Waals surface area contributed by atoms with E-state index >= 15 is 0 Å². The Morgan fingerprint density at radius 2 is 2.43 bits per heavy atom. The number of hydrogen-bond donors (Lipinski definition) is 1. The van der Waals surface area contributed by atoms with Gasteiger partial charge in [0.15, 0.2) is 0 Å². The number of nitrogens with two attached hydrogens (primary N) is 1. The largest absolute Gasteiger partial charge is 0.471 e. The van der Waals surface area contributed by atoms with Gasteiger partial charge in [0.1, 0.15) is 6.10 Å². The summed E-state index contributed by atoms with van der Waals surface area (Å²) in [5, 5.41) is 0. The molecule has 14 heavy (non-hydrogen) atoms. The quantitative estimate of drug-likeness (QED) is 0.871. The molecule has 74 valence electrons. The number of ether oxygens (including phenoxy) is 1. The molecule has 1 aromatic rings. The molecule has 0 fully saturated rings. The van der Waals surface area contributed by atoms with Crippen LogP contribution in [0, 0.1) is 0 Å². The van der Waals surface area contributed by atoms with Gasteiger partial charge in [0.25, 0.3) is 0 Å². The van der Waals surface area contributed by atoms with Gasteiger partial charge in [-0.15, -0.1) is 0 Å². The summed E-state index contributed by atoms with van der Waals surface area (Å²) in [6, 6.07) is 7.89. The summed E-state index contributed by atoms with van der Waals surface area (Å²) in [5.41, 5.74) is 6.49. The minimum atomic E-state index is 0.0454. The molecular formula is C10H11BrN2O. The molecule has 2 N–H and O–H groups in total. The zero-order valence-electron chi connectivity index (χ0n) is 7.61. The Morgan fingerprint density at radius 1 is 1.57 bits per heavy atom. The monoisotopic (exact) mass is 254 g/mol. The van der Waals surface area contributed by atoms with Crippen LogP contribution in [0.25, 0.3) is 0 Å². The van der Waals surface area contributed by atoms with Crippen LogP contribution in [0.15, 0.2) is 33.7 Å². The van der Waals surface area contributed by atoms with Gasteiger partial charge >= 0.3 is 0 Å². The molecule has 2 rings (SSSR count). The number of halogens is 1. The SMILES string of the molecule is NCC1CN=C(c2cccc(Br)c2)O1. The minimum Gasteiger partial charge on any atom is -0.471 e. The molecule has 1 unspecified atom stereocenters. The fourth-order valence-electron chi connectivity index (χ4n) is 1.32. The van der Waals surface area contributed by atoms with Crippen LogP contribution in [0.1, 0.15) is 5.56 Å². The average molecular weight is 255 g/mol. The number of hydrogen-bond acceptors (Lipinski definition) is 3. The average Bonchev–Trinajstić information content (AvgIpc) is 2.66. The molecule has 0 amide bonds. The lowest BCUT2D eigenvalue weighted by Crippen LogP contribution is -2.23. The van der Waals surface area contributed by atoms with Crippen molar-refractivity contribution in [3.8, 4) is 0 Å². The van der Waals surface area contributed by atoms with Crippen molar-refractivity contribution in [2.75, 3.05) is 13.1 Å². The second-order valence-electron chi connectivity index (χ2n) is 3.13. The maximum absolute atomic E-state index is 5.56. The van der Waals surface area contributed by atoms with Crippen molar-refractivity contribution in [1.29, 1.82) is 0 Å². The van der Waals surface area contributed by atoms with Crippen LogP contribution in [0.5, 0.6) is 0 Å². The van der Waals surface area contributed by atoms with Crippen LogP contribution in [-0.4, -0.2) is 25.1 Å². The third-order valence-electron chi connectivity index (χ3n) is 2.05. The van der Waals surface area contributed by atoms with Gasteiger partial charge in [-0.3, -0.25) is 0 Å². The lowest BCUT2D eigenvalue weighted by Gasteiger charge is -2.08. The lowest BCUT2D eigenvalue weighted by atomic mass is 10.2. The highest BCUT2D eigenvalue weighted by Gasteiger charge is 2.19. The molecule has 1 aliphatic heterocycles. The molecular weight excluding hydrogens is 244 g/mol. The van der Waals surface area contributed by atoms with E-state index in [1.54, 1.807) is 0 Å². The van der Waals surface area contributed by atoms with Crippen LogP contribution >= 0.6 is 15.9 Å². The van der Waals surface area contributed by atoms with E-state index < -0.39 is 0 Å². The van der Waals surface area contributed by atoms with E-state index in [1.807, 2.05) is 24.3 Å². The topological polar surface area (TPSA) is 47.6 Å². The maximum atomic E-state index is 5.56. The van der Waals surface area contributed by atoms with Gasteiger partial charge in [-0.25, -0.2) is 4.99 Å². The standard InChI is InChI=1S/C10H11BrN2O/c11-8-3-1-2-7(4-8)10-13-6-9(5-12)14-10/h1-4,9H,5-6,12H2. The molecule has 0 saturated carbocycles. The van der Waals surface area contributed by atoms with E-state index in [-0.39, 0.29) is 6.10 Å². The first-order chi connectivity index (χ1) is 6.79. The number of aliphatic imine (C=N–C) groups is 1. The van der Waals surface area contributed by atoms with E-state index in [1.165, 1.54) is 0 Å². The van der Waals surface area contributed by atoms with Gasteiger partial charge in [-0.05, 0) is 18.2 Å². The van der Waals surface area contributed by atoms with Gasteiger partial charge in [-0.1, -0.05) is 22.0 Å². The van der Waals surface area contributed by atoms with Gasteiger partial charge < -0.3 is 10.5 Å². The van der Waals surface area contributed by atoms with Gasteiger partial charge in [-0.2, -0.15) is 0 Å². The zero-order chi connectivity index (χ0) is 9.97. The van der Waals surface area contributed by atoms with Gasteiger partial charge in [0.05, 0.1) is 6.54 Å². The molecule has 1 aromatic carbocycles. The second kappa shape index (κ2) is 4.11. The molecule has 0 bridgehead atoms. The van der Waals surface area contributed by atoms with E-state index in [2.05, 4.69) is 20.9 Å². The Kier molecular flexibility index (Phi) is 2.84. The smallest absolute Gasteiger partial charge is 0.216 e. The molecule has 0 radical (unpaired) electrons. The first-order valence-electron chi connectivity index (χ1n) is 4.46. The molecule has 3 nitrogen and oxygen atoms in total. The van der Waals surface area contributed by atoms with Crippen LogP contribution in [0.2, 0.25) is 0 Å². The Hall–Kier alpha value is -0.870. The van der Waals surface area contributed by atoms with Crippen LogP contribution in [-0.2, 0) is 4.74 Å². The van der Waals surface area contributed by atoms with Crippen molar-refractivity contribution in [3.05, 3.63) is 34.3 Å². The first kappa shape index (κ1) is 9.68. The van der Waals surface area contributed by atoms with E-state index in [0.717, 1.165) is 10.0 Å². The van der Waals surface area contributed by atoms with Crippen molar-refractivity contribution >= 4 is 21.8 Å². The highest BCUT2D eigenvalue weighted by Crippen LogP contribution is 2.16. The van der Waals surface area contributed by atoms with E-state index in [9.17, 15) is 0 Å². The second-order valence-corrected chi connectivity index (χ2v) is 4.05. The summed E-state index contributed by atoms with van der Waals surface area (Å²) in [7, 11) is 0. The Morgan fingerprint density at radius 3 is 3.07 bits per heavy atom. The summed E-state index contributed by atoms with van der Waals surface area (Å²) < 4.78 is 6.58. The Labute approximate surface area is 91.1 Å². The van der Waals surface area contributed by atoms with Gasteiger partial charge in [0, 0.05) is 16.6 Å². The highest BCUT2D eigenvalue weighted by molar-refractivity contribution is 9.10. The molecule has 0 spiro atoms. The predicted octanol–water partition coefficient (Wildman–Crippen LogP) is 1.55. The van der Waals surface area contributed by atoms with Crippen molar-refractivity contribution < 1.29 is 4.74 Å². The normalized spacial score (nSPS) is 20.4. The highest BCUT2D eigenvalue weighted by atomic mass is 79.9. The van der Waals surface area contributed by atoms with Crippen molar-refractivity contribution in [3.63, 3.8) is 0 Å². The molecule has 0 aliphatic carbocycles. The van der Waals surface area contributed by atoms with Crippen molar-refractivity contribution in [1.82, 2.24) is 0 Å². The summed E-state index contributed by atoms with van der Waals surface area (Å²) in [6.45, 7) is 1.18. The summed E-state index contributed by atoms with van der Waals surface area (Å²) >= 11 is 3.41. The molecule has 0 saturated heterocycles. The summed E-state index contributed by atoms with van der Waals surface area (Å²) in [4.78, 5) is 4.29. The lowest BCUT2D eigenvalue weighted by molar-refractivity contribution is 0.233. The van der Waals surface area contributed by atoms with Crippen molar-refractivity contribution in [2.24, 2.45) is 10.7 Å². The van der Waals surface area contributed by atoms with Crippen LogP contribution in [0.3, 0.4) is 0 Å². The van der Waals surface area contributed by atoms with E-state index in [0.29, 0.717) is 19.0 Å². The first-order valence-corrected chi connectivity index (χ1v) is 5.26. The maximum Gasteiger partial charge on any atom is 0.216 e. The Balaban J connectivity index is 2.17. The number of rotatable bonds is 2. The summed E-state index contributed by atoms with van der Waals surface area (Å²) in [6.07, 6.45) is 0.0454. The molecule has 1 heterocycles. The van der Waals surface area contributed by atoms with Crippen LogP contribution < -0.4 is 5.73 Å². The fourth-order valence-corrected chi connectivity index (χ4v) is 1.72. The molecule has 0 aromatic heterocycles. The molecule has 1 atom stereocenters. The summed E-state index contributed by atoms with van der Waals surface area (Å²) in [5.74, 6) is 0.696. The zero-order valence-corrected chi connectivity index (χ0v) is 9.20. The fraction of sp³-hybridized carbons (Fsp3) is 0.300. The van der Waals surface area contributed by atoms with Crippen molar-refractivity contribution in [2.45, 2.75) is 6.10 Å². The minimum absolute atomic E-state index is 0.0454. The number of nitrogens with zero attached hydrogens (tertiary/aromatic N) is 1.